The molecule has 8 heterocycles. The molecule has 3 atom stereocenters. The molecule has 0 unspecified atom stereocenters. The van der Waals surface area contributed by atoms with Gasteiger partial charge in [-0.15, -0.1) is 0 Å². The summed E-state index contributed by atoms with van der Waals surface area (Å²) >= 11 is 0. The SMILES string of the molecule is CC[C@@]1(O)C(=O)OCc2c1cc1n(c2=O)Cc2c-1nc1cc(F)c(C)c3c1c2[C@@H](NCC[C@@]1(O)C(=O)OCc2c1cc1n(c2=O)Cc2cc4c([N+](=O)[O-])cccc4nc2-1)CC3. The monoisotopic (exact) mass is 826 g/mol. The molecule has 6 aromatic rings. The van der Waals surface area contributed by atoms with Gasteiger partial charge in [-0.1, -0.05) is 13.0 Å². The molecule has 61 heavy (non-hydrogen) atoms. The van der Waals surface area contributed by atoms with Crippen LogP contribution in [0.3, 0.4) is 0 Å². The number of esters is 2. The summed E-state index contributed by atoms with van der Waals surface area (Å²) in [5, 5.41) is 40.0. The minimum Gasteiger partial charge on any atom is -0.458 e. The van der Waals surface area contributed by atoms with E-state index < -0.39 is 51.0 Å². The van der Waals surface area contributed by atoms with Crippen molar-refractivity contribution < 1.29 is 38.6 Å². The number of fused-ring (bicyclic) bond motifs is 10. The molecule has 0 radical (unpaired) electrons. The highest BCUT2D eigenvalue weighted by Crippen LogP contribution is 2.47. The Morgan fingerprint density at radius 1 is 0.885 bits per heavy atom. The lowest BCUT2D eigenvalue weighted by atomic mass is 9.81. The van der Waals surface area contributed by atoms with Crippen LogP contribution < -0.4 is 16.4 Å². The summed E-state index contributed by atoms with van der Waals surface area (Å²) in [5.41, 5.74) is 0.863. The van der Waals surface area contributed by atoms with Gasteiger partial charge in [0, 0.05) is 52.2 Å². The Labute approximate surface area is 343 Å². The molecule has 3 N–H and O–H groups in total. The molecular formula is C44H35FN6O10. The van der Waals surface area contributed by atoms with E-state index in [4.69, 9.17) is 19.4 Å². The van der Waals surface area contributed by atoms with Gasteiger partial charge in [0.05, 0.1) is 68.3 Å². The first kappa shape index (κ1) is 37.3. The standard InChI is InChI=1S/C44H35FN6O10/c1-3-43(56)26-12-34-38-23(16-50(34)40(53)24(26)17-60-41(43)54)36-30(8-7-21-19(2)28(45)14-31(48-38)35(21)36)46-10-9-44(57)27-13-33-37-20(15-49(33)39(52)25(27)18-61-42(44)55)11-22-29(47-37)5-4-6-32(22)51(58)59/h4-6,11-14,30,46,56-57H,3,7-10,15-18H2,1-2H3/t30-,43-,44-/m0/s1. The number of carbonyl (C=O) groups is 2. The maximum absolute atomic E-state index is 15.5. The van der Waals surface area contributed by atoms with Crippen molar-refractivity contribution in [3.63, 3.8) is 0 Å². The van der Waals surface area contributed by atoms with Gasteiger partial charge in [0.25, 0.3) is 16.8 Å². The fraction of sp³-hybridized carbons (Fsp3) is 0.318. The molecule has 1 aliphatic carbocycles. The third-order valence-electron chi connectivity index (χ3n) is 13.5. The Kier molecular flexibility index (Phi) is 7.75. The largest absolute Gasteiger partial charge is 0.458 e. The second-order valence-corrected chi connectivity index (χ2v) is 16.5. The summed E-state index contributed by atoms with van der Waals surface area (Å²) in [6.45, 7) is 2.94. The number of hydrogen-bond donors (Lipinski definition) is 3. The highest BCUT2D eigenvalue weighted by atomic mass is 19.1. The second-order valence-electron chi connectivity index (χ2n) is 16.5. The van der Waals surface area contributed by atoms with Crippen molar-refractivity contribution in [3.05, 3.63) is 129 Å². The van der Waals surface area contributed by atoms with E-state index in [0.29, 0.717) is 68.7 Å². The summed E-state index contributed by atoms with van der Waals surface area (Å²) in [4.78, 5) is 75.3. The van der Waals surface area contributed by atoms with E-state index >= 15 is 4.39 Å². The first-order chi connectivity index (χ1) is 29.2. The maximum Gasteiger partial charge on any atom is 0.343 e. The molecule has 4 aliphatic heterocycles. The van der Waals surface area contributed by atoms with Gasteiger partial charge >= 0.3 is 11.9 Å². The normalized spacial score (nSPS) is 21.6. The number of aliphatic hydroxyl groups is 2. The Morgan fingerprint density at radius 2 is 1.54 bits per heavy atom. The third kappa shape index (κ3) is 4.95. The van der Waals surface area contributed by atoms with Crippen LogP contribution in [0, 0.1) is 22.9 Å². The van der Waals surface area contributed by atoms with Crippen LogP contribution in [0.4, 0.5) is 10.1 Å². The van der Waals surface area contributed by atoms with E-state index in [1.807, 2.05) is 0 Å². The fourth-order valence-electron chi connectivity index (χ4n) is 10.2. The van der Waals surface area contributed by atoms with Gasteiger partial charge in [-0.3, -0.25) is 19.7 Å². The van der Waals surface area contributed by atoms with Crippen LogP contribution in [0.1, 0.15) is 82.3 Å². The lowest BCUT2D eigenvalue weighted by Crippen LogP contribution is -2.46. The zero-order chi connectivity index (χ0) is 42.4. The van der Waals surface area contributed by atoms with E-state index in [9.17, 15) is 39.5 Å². The van der Waals surface area contributed by atoms with Crippen LogP contribution in [0.15, 0.2) is 52.1 Å². The number of carbonyl (C=O) groups excluding carboxylic acids is 2. The number of nitrogens with zero attached hydrogens (tertiary/aromatic N) is 5. The van der Waals surface area contributed by atoms with Gasteiger partial charge in [-0.2, -0.15) is 0 Å². The molecule has 0 fully saturated rings. The third-order valence-corrected chi connectivity index (χ3v) is 13.5. The van der Waals surface area contributed by atoms with E-state index in [2.05, 4.69) is 5.32 Å². The van der Waals surface area contributed by atoms with Crippen LogP contribution >= 0.6 is 0 Å². The van der Waals surface area contributed by atoms with Crippen molar-refractivity contribution in [2.24, 2.45) is 0 Å². The summed E-state index contributed by atoms with van der Waals surface area (Å²) < 4.78 is 29.1. The molecule has 16 nitrogen and oxygen atoms in total. The van der Waals surface area contributed by atoms with Gasteiger partial charge in [-0.25, -0.2) is 23.9 Å². The van der Waals surface area contributed by atoms with Crippen LogP contribution in [0.25, 0.3) is 44.6 Å². The topological polar surface area (TPSA) is 218 Å². The second kappa shape index (κ2) is 12.7. The maximum atomic E-state index is 15.5. The molecular weight excluding hydrogens is 792 g/mol. The number of benzene rings is 2. The van der Waals surface area contributed by atoms with E-state index in [0.717, 1.165) is 16.5 Å². The van der Waals surface area contributed by atoms with Gasteiger partial charge in [0.2, 0.25) is 0 Å². The van der Waals surface area contributed by atoms with Crippen LogP contribution in [0.2, 0.25) is 0 Å². The molecule has 5 aliphatic rings. The average Bonchev–Trinajstić information content (AvgIpc) is 3.80. The number of ether oxygens (including phenoxy) is 2. The van der Waals surface area contributed by atoms with Crippen molar-refractivity contribution in [2.75, 3.05) is 6.54 Å². The van der Waals surface area contributed by atoms with Crippen LogP contribution in [-0.4, -0.2) is 52.7 Å². The quantitative estimate of drug-likeness (QED) is 0.122. The number of nitrogens with one attached hydrogen (secondary N) is 1. The zero-order valence-corrected chi connectivity index (χ0v) is 32.8. The molecule has 4 aromatic heterocycles. The Balaban J connectivity index is 0.972. The number of rotatable bonds is 6. The van der Waals surface area contributed by atoms with Crippen molar-refractivity contribution in [1.82, 2.24) is 24.4 Å². The Morgan fingerprint density at radius 3 is 2.25 bits per heavy atom. The number of pyridine rings is 4. The lowest BCUT2D eigenvalue weighted by Gasteiger charge is -2.34. The van der Waals surface area contributed by atoms with Gasteiger partial charge in [0.1, 0.15) is 19.0 Å². The molecule has 2 aromatic carbocycles. The summed E-state index contributed by atoms with van der Waals surface area (Å²) in [6.07, 6.45) is 0.744. The van der Waals surface area contributed by atoms with Gasteiger partial charge in [-0.05, 0) is 73.7 Å². The van der Waals surface area contributed by atoms with Crippen molar-refractivity contribution in [3.8, 4) is 22.8 Å². The van der Waals surface area contributed by atoms with Crippen LogP contribution in [-0.2, 0) is 63.0 Å². The van der Waals surface area contributed by atoms with Crippen LogP contribution in [0.5, 0.6) is 0 Å². The highest BCUT2D eigenvalue weighted by molar-refractivity contribution is 5.94. The number of cyclic esters (lactones) is 2. The molecule has 0 saturated carbocycles. The molecule has 308 valence electrons. The Bertz CT molecular complexity index is 3220. The van der Waals surface area contributed by atoms with Crippen molar-refractivity contribution in [1.29, 1.82) is 0 Å². The van der Waals surface area contributed by atoms with Gasteiger partial charge < -0.3 is 34.1 Å². The molecule has 0 spiro atoms. The molecule has 0 bridgehead atoms. The number of halogens is 1. The predicted octanol–water partition coefficient (Wildman–Crippen LogP) is 4.09. The summed E-state index contributed by atoms with van der Waals surface area (Å²) in [6, 6.07) is 10.3. The number of non-ortho nitro benzene ring substituents is 1. The minimum atomic E-state index is -2.24. The summed E-state index contributed by atoms with van der Waals surface area (Å²) in [5.74, 6) is -2.20. The number of aryl methyl sites for hydroxylation is 1. The lowest BCUT2D eigenvalue weighted by molar-refractivity contribution is -0.383. The molecule has 0 saturated heterocycles. The smallest absolute Gasteiger partial charge is 0.343 e. The number of nitro benzene ring substituents is 1. The van der Waals surface area contributed by atoms with Crippen molar-refractivity contribution in [2.45, 2.75) is 83.1 Å². The highest BCUT2D eigenvalue weighted by Gasteiger charge is 2.48. The first-order valence-electron chi connectivity index (χ1n) is 20.0. The predicted molar refractivity (Wildman–Crippen MR) is 214 cm³/mol. The van der Waals surface area contributed by atoms with Gasteiger partial charge in [0.15, 0.2) is 11.2 Å². The number of nitro groups is 1. The molecule has 0 amide bonds. The fourth-order valence-corrected chi connectivity index (χ4v) is 10.2. The summed E-state index contributed by atoms with van der Waals surface area (Å²) in [7, 11) is 0. The first-order valence-corrected chi connectivity index (χ1v) is 20.0. The Hall–Kier alpha value is -6.69. The van der Waals surface area contributed by atoms with E-state index in [1.54, 1.807) is 38.1 Å². The van der Waals surface area contributed by atoms with E-state index in [-0.39, 0.29) is 73.6 Å². The van der Waals surface area contributed by atoms with Crippen molar-refractivity contribution >= 4 is 39.4 Å². The zero-order valence-electron chi connectivity index (χ0n) is 32.8. The molecule has 17 heteroatoms. The van der Waals surface area contributed by atoms with E-state index in [1.165, 1.54) is 27.3 Å². The minimum absolute atomic E-state index is 0.0270. The number of aromatic nitrogens is 4. The average molecular weight is 827 g/mol. The number of hydrogen-bond acceptors (Lipinski definition) is 13. The molecule has 11 rings (SSSR count).